The third kappa shape index (κ3) is 3.07. The summed E-state index contributed by atoms with van der Waals surface area (Å²) in [5.74, 6) is 2.53. The monoisotopic (exact) mass is 263 g/mol. The lowest BCUT2D eigenvalue weighted by molar-refractivity contribution is 0.301. The first-order chi connectivity index (χ1) is 8.70. The van der Waals surface area contributed by atoms with E-state index in [1.807, 2.05) is 32.0 Å². The summed E-state index contributed by atoms with van der Waals surface area (Å²) in [6, 6.07) is 8.09. The van der Waals surface area contributed by atoms with Gasteiger partial charge in [0.15, 0.2) is 0 Å². The van der Waals surface area contributed by atoms with Crippen LogP contribution in [0.5, 0.6) is 5.75 Å². The number of nitrogens with zero attached hydrogens (tertiary/aromatic N) is 1. The van der Waals surface area contributed by atoms with E-state index in [1.54, 1.807) is 0 Å². The number of ether oxygens (including phenoxy) is 1. The first-order valence-corrected chi connectivity index (χ1v) is 6.58. The van der Waals surface area contributed by atoms with Gasteiger partial charge >= 0.3 is 0 Å². The van der Waals surface area contributed by atoms with E-state index in [0.717, 1.165) is 34.9 Å². The minimum absolute atomic E-state index is 0.492. The Morgan fingerprint density at radius 3 is 2.83 bits per heavy atom. The van der Waals surface area contributed by atoms with Gasteiger partial charge in [0.25, 0.3) is 0 Å². The number of thiol groups is 1. The van der Waals surface area contributed by atoms with E-state index in [-0.39, 0.29) is 0 Å². The molecule has 0 bridgehead atoms. The average Bonchev–Trinajstić information content (AvgIpc) is 2.68. The lowest BCUT2D eigenvalue weighted by Gasteiger charge is -2.07. The van der Waals surface area contributed by atoms with E-state index in [0.29, 0.717) is 6.61 Å². The highest BCUT2D eigenvalue weighted by Crippen LogP contribution is 2.18. The fourth-order valence-corrected chi connectivity index (χ4v) is 2.04. The van der Waals surface area contributed by atoms with Crippen molar-refractivity contribution in [1.29, 1.82) is 0 Å². The van der Waals surface area contributed by atoms with Gasteiger partial charge in [-0.2, -0.15) is 12.6 Å². The minimum atomic E-state index is 0.492. The molecule has 0 aliphatic carbocycles. The summed E-state index contributed by atoms with van der Waals surface area (Å²) in [7, 11) is 0. The molecule has 96 valence electrons. The Bertz CT molecular complexity index is 503. The Morgan fingerprint density at radius 2 is 2.17 bits per heavy atom. The molecule has 3 nitrogen and oxygen atoms in total. The molecule has 0 aliphatic rings. The van der Waals surface area contributed by atoms with Gasteiger partial charge in [-0.05, 0) is 43.7 Å². The first kappa shape index (κ1) is 13.0. The van der Waals surface area contributed by atoms with Gasteiger partial charge in [-0.1, -0.05) is 17.3 Å². The van der Waals surface area contributed by atoms with Crippen molar-refractivity contribution in [2.45, 2.75) is 26.9 Å². The second-order valence-corrected chi connectivity index (χ2v) is 4.66. The van der Waals surface area contributed by atoms with Crippen LogP contribution in [-0.4, -0.2) is 10.9 Å². The zero-order valence-corrected chi connectivity index (χ0v) is 11.5. The molecule has 4 heteroatoms. The highest BCUT2D eigenvalue weighted by atomic mass is 32.1. The van der Waals surface area contributed by atoms with Crippen LogP contribution >= 0.6 is 12.6 Å². The Hall–Kier alpha value is -1.42. The summed E-state index contributed by atoms with van der Waals surface area (Å²) in [5, 5.41) is 3.91. The van der Waals surface area contributed by atoms with Crippen LogP contribution in [0.15, 0.2) is 28.8 Å². The molecular weight excluding hydrogens is 246 g/mol. The van der Waals surface area contributed by atoms with Crippen molar-refractivity contribution in [1.82, 2.24) is 5.16 Å². The predicted molar refractivity (Wildman–Crippen MR) is 74.3 cm³/mol. The van der Waals surface area contributed by atoms with Crippen LogP contribution in [0.25, 0.3) is 0 Å². The van der Waals surface area contributed by atoms with E-state index >= 15 is 0 Å². The van der Waals surface area contributed by atoms with Gasteiger partial charge in [-0.25, -0.2) is 0 Å². The summed E-state index contributed by atoms with van der Waals surface area (Å²) in [5.41, 5.74) is 3.15. The van der Waals surface area contributed by atoms with Crippen LogP contribution in [0.3, 0.4) is 0 Å². The Balaban J connectivity index is 2.04. The normalized spacial score (nSPS) is 10.6. The van der Waals surface area contributed by atoms with Gasteiger partial charge in [0.05, 0.1) is 11.3 Å². The second kappa shape index (κ2) is 5.96. The fourth-order valence-electron chi connectivity index (χ4n) is 1.78. The van der Waals surface area contributed by atoms with E-state index in [2.05, 4.69) is 23.9 Å². The van der Waals surface area contributed by atoms with Gasteiger partial charge < -0.3 is 9.26 Å². The Labute approximate surface area is 113 Å². The third-order valence-electron chi connectivity index (χ3n) is 2.86. The molecule has 0 saturated heterocycles. The van der Waals surface area contributed by atoms with Crippen molar-refractivity contribution < 1.29 is 9.26 Å². The molecule has 0 atom stereocenters. The number of aryl methyl sites for hydroxylation is 3. The molecule has 1 aromatic heterocycles. The van der Waals surface area contributed by atoms with Crippen molar-refractivity contribution in [3.8, 4) is 5.75 Å². The summed E-state index contributed by atoms with van der Waals surface area (Å²) in [6.45, 7) is 4.31. The fraction of sp³-hybridized carbons (Fsp3) is 0.357. The molecule has 0 spiro atoms. The van der Waals surface area contributed by atoms with E-state index in [9.17, 15) is 0 Å². The second-order valence-electron chi connectivity index (χ2n) is 4.21. The molecule has 2 rings (SSSR count). The largest absolute Gasteiger partial charge is 0.489 e. The molecule has 1 aromatic carbocycles. The molecule has 1 heterocycles. The van der Waals surface area contributed by atoms with Gasteiger partial charge in [0.1, 0.15) is 18.1 Å². The number of benzene rings is 1. The molecule has 0 saturated carbocycles. The van der Waals surface area contributed by atoms with Crippen molar-refractivity contribution in [2.24, 2.45) is 0 Å². The smallest absolute Gasteiger partial charge is 0.140 e. The molecule has 0 radical (unpaired) electrons. The zero-order chi connectivity index (χ0) is 13.0. The molecule has 18 heavy (non-hydrogen) atoms. The van der Waals surface area contributed by atoms with E-state index in [1.165, 1.54) is 5.56 Å². The zero-order valence-electron chi connectivity index (χ0n) is 10.6. The number of hydrogen-bond donors (Lipinski definition) is 1. The molecule has 0 aliphatic heterocycles. The average molecular weight is 263 g/mol. The lowest BCUT2D eigenvalue weighted by Crippen LogP contribution is -1.98. The maximum atomic E-state index is 5.77. The van der Waals surface area contributed by atoms with Crippen LogP contribution in [0, 0.1) is 13.8 Å². The van der Waals surface area contributed by atoms with Crippen molar-refractivity contribution in [3.05, 3.63) is 46.8 Å². The molecular formula is C14H17NO2S. The number of aromatic nitrogens is 1. The lowest BCUT2D eigenvalue weighted by atomic mass is 10.1. The molecule has 0 unspecified atom stereocenters. The van der Waals surface area contributed by atoms with E-state index < -0.39 is 0 Å². The highest BCUT2D eigenvalue weighted by molar-refractivity contribution is 7.80. The molecule has 0 fully saturated rings. The van der Waals surface area contributed by atoms with Gasteiger partial charge in [-0.3, -0.25) is 0 Å². The van der Waals surface area contributed by atoms with Crippen LogP contribution in [0.4, 0.5) is 0 Å². The van der Waals surface area contributed by atoms with Crippen molar-refractivity contribution >= 4 is 12.6 Å². The Kier molecular flexibility index (Phi) is 4.31. The quantitative estimate of drug-likeness (QED) is 0.840. The SMILES string of the molecule is Cc1noc(C)c1COc1cccc(CCS)c1. The van der Waals surface area contributed by atoms with Crippen LogP contribution in [-0.2, 0) is 13.0 Å². The standard InChI is InChI=1S/C14H17NO2S/c1-10-14(11(2)17-15-10)9-16-13-5-3-4-12(8-13)6-7-18/h3-5,8,18H,6-7,9H2,1-2H3. The minimum Gasteiger partial charge on any atom is -0.489 e. The molecule has 0 amide bonds. The maximum Gasteiger partial charge on any atom is 0.140 e. The third-order valence-corrected chi connectivity index (χ3v) is 3.09. The van der Waals surface area contributed by atoms with Crippen LogP contribution in [0.1, 0.15) is 22.6 Å². The van der Waals surface area contributed by atoms with Crippen molar-refractivity contribution in [2.75, 3.05) is 5.75 Å². The maximum absolute atomic E-state index is 5.77. The summed E-state index contributed by atoms with van der Waals surface area (Å²) >= 11 is 4.23. The predicted octanol–water partition coefficient (Wildman–Crippen LogP) is 3.34. The van der Waals surface area contributed by atoms with E-state index in [4.69, 9.17) is 9.26 Å². The molecule has 2 aromatic rings. The van der Waals surface area contributed by atoms with Gasteiger partial charge in [0.2, 0.25) is 0 Å². The Morgan fingerprint density at radius 1 is 1.33 bits per heavy atom. The topological polar surface area (TPSA) is 35.3 Å². The summed E-state index contributed by atoms with van der Waals surface area (Å²) in [6.07, 6.45) is 0.950. The summed E-state index contributed by atoms with van der Waals surface area (Å²) in [4.78, 5) is 0. The molecule has 0 N–H and O–H groups in total. The first-order valence-electron chi connectivity index (χ1n) is 5.95. The van der Waals surface area contributed by atoms with Crippen molar-refractivity contribution in [3.63, 3.8) is 0 Å². The summed E-state index contributed by atoms with van der Waals surface area (Å²) < 4.78 is 10.9. The van der Waals surface area contributed by atoms with Crippen LogP contribution < -0.4 is 4.74 Å². The number of rotatable bonds is 5. The van der Waals surface area contributed by atoms with Gasteiger partial charge in [0, 0.05) is 0 Å². The highest BCUT2D eigenvalue weighted by Gasteiger charge is 2.09. The van der Waals surface area contributed by atoms with Crippen LogP contribution in [0.2, 0.25) is 0 Å². The van der Waals surface area contributed by atoms with Gasteiger partial charge in [-0.15, -0.1) is 0 Å². The number of hydrogen-bond acceptors (Lipinski definition) is 4.